The highest BCUT2D eigenvalue weighted by Crippen LogP contribution is 2.20. The molecule has 0 aliphatic rings. The maximum atomic E-state index is 12.3. The summed E-state index contributed by atoms with van der Waals surface area (Å²) in [5.74, 6) is -1.26. The molecule has 0 radical (unpaired) electrons. The first-order valence-corrected chi connectivity index (χ1v) is 4.85. The molecular weight excluding hydrogens is 237 g/mol. The van der Waals surface area contributed by atoms with Crippen molar-refractivity contribution in [1.29, 1.82) is 0 Å². The quantitative estimate of drug-likeness (QED) is 0.887. The van der Waals surface area contributed by atoms with Gasteiger partial charge < -0.3 is 10.0 Å². The summed E-state index contributed by atoms with van der Waals surface area (Å²) in [5, 5.41) is 8.69. The van der Waals surface area contributed by atoms with Gasteiger partial charge in [-0.1, -0.05) is 6.07 Å². The van der Waals surface area contributed by atoms with E-state index in [0.29, 0.717) is 0 Å². The van der Waals surface area contributed by atoms with Gasteiger partial charge in [0.25, 0.3) is 0 Å². The van der Waals surface area contributed by atoms with E-state index in [1.807, 2.05) is 0 Å². The molecule has 1 rings (SSSR count). The fourth-order valence-corrected chi connectivity index (χ4v) is 1.29. The van der Waals surface area contributed by atoms with E-state index in [2.05, 4.69) is 4.98 Å². The topological polar surface area (TPSA) is 53.4 Å². The van der Waals surface area contributed by atoms with Crippen LogP contribution in [-0.2, 0) is 0 Å². The molecule has 0 aliphatic carbocycles. The molecule has 1 aromatic heterocycles. The summed E-state index contributed by atoms with van der Waals surface area (Å²) in [7, 11) is 0. The van der Waals surface area contributed by atoms with Crippen LogP contribution in [0, 0.1) is 0 Å². The van der Waals surface area contributed by atoms with Crippen LogP contribution in [0.2, 0.25) is 0 Å². The summed E-state index contributed by atoms with van der Waals surface area (Å²) in [6.45, 7) is 0.482. The van der Waals surface area contributed by atoms with Crippen molar-refractivity contribution in [1.82, 2.24) is 4.98 Å². The number of alkyl halides is 3. The lowest BCUT2D eigenvalue weighted by molar-refractivity contribution is -0.119. The lowest BCUT2D eigenvalue weighted by Gasteiger charge is -2.23. The summed E-state index contributed by atoms with van der Waals surface area (Å²) < 4.78 is 36.8. The summed E-state index contributed by atoms with van der Waals surface area (Å²) in [5.41, 5.74) is -0.275. The van der Waals surface area contributed by atoms with Crippen molar-refractivity contribution in [2.75, 3.05) is 18.0 Å². The molecule has 17 heavy (non-hydrogen) atoms. The van der Waals surface area contributed by atoms with E-state index < -0.39 is 18.7 Å². The Balaban J connectivity index is 2.96. The number of aromatic nitrogens is 1. The number of anilines is 1. The first-order chi connectivity index (χ1) is 7.83. The molecule has 1 aromatic rings. The largest absolute Gasteiger partial charge is 0.477 e. The van der Waals surface area contributed by atoms with E-state index in [1.54, 1.807) is 6.92 Å². The standard InChI is InChI=1S/C10H11F3N2O2/c1-2-15(6-10(11,12)13)8-5-3-4-7(14-8)9(16)17/h3-5H,2,6H2,1H3,(H,16,17). The smallest absolute Gasteiger partial charge is 0.405 e. The van der Waals surface area contributed by atoms with Gasteiger partial charge in [-0.05, 0) is 19.1 Å². The Morgan fingerprint density at radius 1 is 1.47 bits per heavy atom. The van der Waals surface area contributed by atoms with Gasteiger partial charge in [-0.2, -0.15) is 13.2 Å². The highest BCUT2D eigenvalue weighted by atomic mass is 19.4. The molecule has 1 heterocycles. The molecule has 0 saturated carbocycles. The van der Waals surface area contributed by atoms with Gasteiger partial charge in [-0.15, -0.1) is 0 Å². The number of hydrogen-bond donors (Lipinski definition) is 1. The summed E-state index contributed by atoms with van der Waals surface area (Å²) >= 11 is 0. The third-order valence-corrected chi connectivity index (χ3v) is 2.03. The minimum absolute atomic E-state index is 0.00438. The van der Waals surface area contributed by atoms with Gasteiger partial charge in [0.2, 0.25) is 0 Å². The Labute approximate surface area is 95.7 Å². The van der Waals surface area contributed by atoms with E-state index in [9.17, 15) is 18.0 Å². The van der Waals surface area contributed by atoms with Crippen molar-refractivity contribution in [3.05, 3.63) is 23.9 Å². The highest BCUT2D eigenvalue weighted by molar-refractivity contribution is 5.85. The zero-order valence-corrected chi connectivity index (χ0v) is 9.03. The number of pyridine rings is 1. The average Bonchev–Trinajstić information content (AvgIpc) is 2.25. The van der Waals surface area contributed by atoms with Gasteiger partial charge in [0.05, 0.1) is 0 Å². The van der Waals surface area contributed by atoms with Gasteiger partial charge in [-0.25, -0.2) is 9.78 Å². The van der Waals surface area contributed by atoms with Gasteiger partial charge >= 0.3 is 12.1 Å². The minimum atomic E-state index is -4.35. The van der Waals surface area contributed by atoms with Gasteiger partial charge in [0, 0.05) is 6.54 Å². The molecule has 0 amide bonds. The van der Waals surface area contributed by atoms with Crippen LogP contribution in [0.3, 0.4) is 0 Å². The van der Waals surface area contributed by atoms with E-state index >= 15 is 0 Å². The highest BCUT2D eigenvalue weighted by Gasteiger charge is 2.30. The third kappa shape index (κ3) is 3.93. The molecule has 0 atom stereocenters. The normalized spacial score (nSPS) is 11.3. The molecule has 0 aliphatic heterocycles. The summed E-state index contributed by atoms with van der Waals surface area (Å²) in [6.07, 6.45) is -4.35. The van der Waals surface area contributed by atoms with Crippen molar-refractivity contribution in [2.24, 2.45) is 0 Å². The van der Waals surface area contributed by atoms with Crippen molar-refractivity contribution in [3.63, 3.8) is 0 Å². The lowest BCUT2D eigenvalue weighted by atomic mass is 10.3. The second-order valence-electron chi connectivity index (χ2n) is 3.32. The number of hydrogen-bond acceptors (Lipinski definition) is 3. The molecule has 4 nitrogen and oxygen atoms in total. The van der Waals surface area contributed by atoms with Crippen LogP contribution in [0.15, 0.2) is 18.2 Å². The lowest BCUT2D eigenvalue weighted by Crippen LogP contribution is -2.34. The van der Waals surface area contributed by atoms with Crippen LogP contribution in [0.5, 0.6) is 0 Å². The second-order valence-corrected chi connectivity index (χ2v) is 3.32. The monoisotopic (exact) mass is 248 g/mol. The molecular formula is C10H11F3N2O2. The molecule has 94 valence electrons. The maximum Gasteiger partial charge on any atom is 0.405 e. The Bertz CT molecular complexity index is 407. The predicted octanol–water partition coefficient (Wildman–Crippen LogP) is 2.17. The van der Waals surface area contributed by atoms with E-state index in [-0.39, 0.29) is 18.1 Å². The van der Waals surface area contributed by atoms with Crippen molar-refractivity contribution in [3.8, 4) is 0 Å². The molecule has 0 aromatic carbocycles. The molecule has 7 heteroatoms. The molecule has 0 bridgehead atoms. The van der Waals surface area contributed by atoms with Crippen molar-refractivity contribution in [2.45, 2.75) is 13.1 Å². The van der Waals surface area contributed by atoms with E-state index in [0.717, 1.165) is 4.90 Å². The number of carboxylic acid groups (broad SMARTS) is 1. The summed E-state index contributed by atoms with van der Waals surface area (Å²) in [4.78, 5) is 15.3. The fraction of sp³-hybridized carbons (Fsp3) is 0.400. The number of rotatable bonds is 4. The molecule has 0 saturated heterocycles. The first-order valence-electron chi connectivity index (χ1n) is 4.85. The van der Waals surface area contributed by atoms with Crippen LogP contribution in [0.1, 0.15) is 17.4 Å². The predicted molar refractivity (Wildman–Crippen MR) is 55.1 cm³/mol. The zero-order chi connectivity index (χ0) is 13.1. The van der Waals surface area contributed by atoms with Crippen LogP contribution >= 0.6 is 0 Å². The van der Waals surface area contributed by atoms with Crippen LogP contribution in [0.4, 0.5) is 19.0 Å². The second kappa shape index (κ2) is 5.03. The number of aromatic carboxylic acids is 1. The van der Waals surface area contributed by atoms with E-state index in [1.165, 1.54) is 18.2 Å². The zero-order valence-electron chi connectivity index (χ0n) is 9.03. The third-order valence-electron chi connectivity index (χ3n) is 2.03. The molecule has 1 N–H and O–H groups in total. The van der Waals surface area contributed by atoms with Crippen LogP contribution in [0.25, 0.3) is 0 Å². The SMILES string of the molecule is CCN(CC(F)(F)F)c1cccc(C(=O)O)n1. The van der Waals surface area contributed by atoms with Crippen molar-refractivity contribution >= 4 is 11.8 Å². The van der Waals surface area contributed by atoms with Gasteiger partial charge in [0.15, 0.2) is 5.69 Å². The first kappa shape index (κ1) is 13.3. The van der Waals surface area contributed by atoms with Gasteiger partial charge in [0.1, 0.15) is 12.4 Å². The Morgan fingerprint density at radius 2 is 2.12 bits per heavy atom. The molecule has 0 spiro atoms. The number of halogens is 3. The molecule has 0 unspecified atom stereocenters. The van der Waals surface area contributed by atoms with Crippen LogP contribution < -0.4 is 4.90 Å². The minimum Gasteiger partial charge on any atom is -0.477 e. The maximum absolute atomic E-state index is 12.3. The Morgan fingerprint density at radius 3 is 2.59 bits per heavy atom. The number of carboxylic acids is 1. The average molecular weight is 248 g/mol. The molecule has 0 fully saturated rings. The Hall–Kier alpha value is -1.79. The number of carbonyl (C=O) groups is 1. The Kier molecular flexibility index (Phi) is 3.93. The van der Waals surface area contributed by atoms with Gasteiger partial charge in [-0.3, -0.25) is 0 Å². The summed E-state index contributed by atoms with van der Waals surface area (Å²) in [6, 6.07) is 3.94. The van der Waals surface area contributed by atoms with E-state index in [4.69, 9.17) is 5.11 Å². The fourth-order valence-electron chi connectivity index (χ4n) is 1.29. The van der Waals surface area contributed by atoms with Crippen LogP contribution in [-0.4, -0.2) is 35.3 Å². The van der Waals surface area contributed by atoms with Crippen molar-refractivity contribution < 1.29 is 23.1 Å². The number of nitrogens with zero attached hydrogens (tertiary/aromatic N) is 2.